The minimum Gasteiger partial charge on any atom is -0.495 e. The minimum atomic E-state index is 0.406. The maximum atomic E-state index is 11.6. The zero-order valence-electron chi connectivity index (χ0n) is 22.1. The fourth-order valence-corrected chi connectivity index (χ4v) is 4.10. The van der Waals surface area contributed by atoms with E-state index in [-0.39, 0.29) is 0 Å². The highest BCUT2D eigenvalue weighted by Crippen LogP contribution is 2.42. The highest BCUT2D eigenvalue weighted by molar-refractivity contribution is 6.32. The number of nitrogens with one attached hydrogen (secondary N) is 1. The number of rotatable bonds is 12. The Hall–Kier alpha value is -4.30. The average molecular weight is 540 g/mol. The first-order valence-electron chi connectivity index (χ1n) is 11.4. The molecule has 0 heterocycles. The van der Waals surface area contributed by atoms with Crippen LogP contribution in [0.25, 0.3) is 17.8 Å². The standard InChI is InChI=1S/C29H30ClNO7/c1-33-23-11-10-20(17-21(23)30)22(13-14-32)31-27-19(9-12-24(34-2)29(27)38-6)8-7-18-15-25(35-3)28(37-5)26(16-18)36-4/h7-17,31H,1-6H3/b8-7-,22-13-. The molecule has 0 saturated heterocycles. The molecule has 3 aromatic rings. The number of ether oxygens (including phenoxy) is 6. The van der Waals surface area contributed by atoms with Crippen molar-refractivity contribution in [3.8, 4) is 34.5 Å². The zero-order valence-corrected chi connectivity index (χ0v) is 22.8. The first-order valence-corrected chi connectivity index (χ1v) is 11.8. The van der Waals surface area contributed by atoms with E-state index in [1.165, 1.54) is 13.2 Å². The Balaban J connectivity index is 2.12. The van der Waals surface area contributed by atoms with Gasteiger partial charge >= 0.3 is 0 Å². The van der Waals surface area contributed by atoms with Crippen molar-refractivity contribution in [2.75, 3.05) is 48.0 Å². The molecule has 9 heteroatoms. The van der Waals surface area contributed by atoms with Crippen molar-refractivity contribution < 1.29 is 33.2 Å². The number of benzene rings is 3. The van der Waals surface area contributed by atoms with Gasteiger partial charge in [-0.25, -0.2) is 0 Å². The summed E-state index contributed by atoms with van der Waals surface area (Å²) in [5.41, 5.74) is 3.32. The van der Waals surface area contributed by atoms with Gasteiger partial charge in [0.2, 0.25) is 5.75 Å². The van der Waals surface area contributed by atoms with Crippen LogP contribution in [0.3, 0.4) is 0 Å². The Kier molecular flexibility index (Phi) is 9.90. The lowest BCUT2D eigenvalue weighted by Gasteiger charge is -2.19. The molecule has 0 atom stereocenters. The van der Waals surface area contributed by atoms with Crippen LogP contribution < -0.4 is 33.7 Å². The number of carbonyl (C=O) groups is 1. The van der Waals surface area contributed by atoms with Gasteiger partial charge in [-0.3, -0.25) is 4.79 Å². The van der Waals surface area contributed by atoms with Gasteiger partial charge < -0.3 is 33.7 Å². The second-order valence-electron chi connectivity index (χ2n) is 7.75. The van der Waals surface area contributed by atoms with Crippen LogP contribution in [0.2, 0.25) is 5.02 Å². The van der Waals surface area contributed by atoms with Crippen molar-refractivity contribution in [3.05, 3.63) is 70.3 Å². The molecule has 0 saturated carbocycles. The summed E-state index contributed by atoms with van der Waals surface area (Å²) in [5.74, 6) is 3.06. The zero-order chi connectivity index (χ0) is 27.7. The van der Waals surface area contributed by atoms with Crippen molar-refractivity contribution in [1.82, 2.24) is 0 Å². The van der Waals surface area contributed by atoms with Crippen LogP contribution in [0.15, 0.2) is 48.5 Å². The summed E-state index contributed by atoms with van der Waals surface area (Å²) < 4.78 is 32.8. The van der Waals surface area contributed by atoms with Gasteiger partial charge in [-0.15, -0.1) is 0 Å². The number of hydrogen-bond donors (Lipinski definition) is 1. The van der Waals surface area contributed by atoms with E-state index < -0.39 is 0 Å². The lowest BCUT2D eigenvalue weighted by atomic mass is 10.1. The number of aldehydes is 1. The van der Waals surface area contributed by atoms with Crippen LogP contribution in [0.5, 0.6) is 34.5 Å². The lowest BCUT2D eigenvalue weighted by molar-refractivity contribution is -0.104. The third-order valence-electron chi connectivity index (χ3n) is 5.68. The van der Waals surface area contributed by atoms with Gasteiger partial charge in [0.1, 0.15) is 12.0 Å². The van der Waals surface area contributed by atoms with E-state index in [9.17, 15) is 4.79 Å². The number of anilines is 1. The Morgan fingerprint density at radius 2 is 1.32 bits per heavy atom. The Morgan fingerprint density at radius 1 is 0.711 bits per heavy atom. The predicted molar refractivity (Wildman–Crippen MR) is 150 cm³/mol. The summed E-state index contributed by atoms with van der Waals surface area (Å²) in [4.78, 5) is 11.6. The van der Waals surface area contributed by atoms with Crippen LogP contribution in [-0.2, 0) is 4.79 Å². The fraction of sp³-hybridized carbons (Fsp3) is 0.207. The van der Waals surface area contributed by atoms with E-state index in [1.54, 1.807) is 59.8 Å². The van der Waals surface area contributed by atoms with E-state index in [0.29, 0.717) is 62.8 Å². The molecular formula is C29H30ClNO7. The summed E-state index contributed by atoms with van der Waals surface area (Å²) in [7, 11) is 9.31. The maximum absolute atomic E-state index is 11.6. The molecule has 0 radical (unpaired) electrons. The molecule has 0 spiro atoms. The molecule has 0 unspecified atom stereocenters. The first kappa shape index (κ1) is 28.3. The molecular weight excluding hydrogens is 510 g/mol. The fourth-order valence-electron chi connectivity index (χ4n) is 3.84. The van der Waals surface area contributed by atoms with E-state index in [2.05, 4.69) is 5.32 Å². The van der Waals surface area contributed by atoms with E-state index in [1.807, 2.05) is 30.4 Å². The number of hydrogen-bond acceptors (Lipinski definition) is 8. The molecule has 3 rings (SSSR count). The number of carbonyl (C=O) groups excluding carboxylic acids is 1. The summed E-state index contributed by atoms with van der Waals surface area (Å²) in [6, 6.07) is 12.6. The summed E-state index contributed by atoms with van der Waals surface area (Å²) >= 11 is 6.35. The second-order valence-corrected chi connectivity index (χ2v) is 8.16. The highest BCUT2D eigenvalue weighted by Gasteiger charge is 2.17. The van der Waals surface area contributed by atoms with Crippen molar-refractivity contribution in [2.24, 2.45) is 0 Å². The van der Waals surface area contributed by atoms with E-state index >= 15 is 0 Å². The van der Waals surface area contributed by atoms with Gasteiger partial charge in [0.25, 0.3) is 0 Å². The predicted octanol–water partition coefficient (Wildman–Crippen LogP) is 6.21. The van der Waals surface area contributed by atoms with E-state index in [4.69, 9.17) is 40.0 Å². The average Bonchev–Trinajstić information content (AvgIpc) is 2.94. The van der Waals surface area contributed by atoms with Crippen LogP contribution in [0.4, 0.5) is 5.69 Å². The maximum Gasteiger partial charge on any atom is 0.203 e. The van der Waals surface area contributed by atoms with Crippen LogP contribution in [0.1, 0.15) is 16.7 Å². The minimum absolute atomic E-state index is 0.406. The molecule has 38 heavy (non-hydrogen) atoms. The monoisotopic (exact) mass is 539 g/mol. The Morgan fingerprint density at radius 3 is 1.84 bits per heavy atom. The largest absolute Gasteiger partial charge is 0.495 e. The molecule has 0 fully saturated rings. The molecule has 3 aromatic carbocycles. The second kappa shape index (κ2) is 13.3. The molecule has 200 valence electrons. The van der Waals surface area contributed by atoms with E-state index in [0.717, 1.165) is 11.1 Å². The van der Waals surface area contributed by atoms with Crippen molar-refractivity contribution in [2.45, 2.75) is 0 Å². The summed E-state index contributed by atoms with van der Waals surface area (Å²) in [6.07, 6.45) is 5.89. The van der Waals surface area contributed by atoms with Gasteiger partial charge in [-0.1, -0.05) is 23.8 Å². The van der Waals surface area contributed by atoms with Crippen LogP contribution >= 0.6 is 11.6 Å². The van der Waals surface area contributed by atoms with Crippen LogP contribution in [-0.4, -0.2) is 48.9 Å². The van der Waals surface area contributed by atoms with Gasteiger partial charge in [0.05, 0.1) is 53.4 Å². The molecule has 8 nitrogen and oxygen atoms in total. The van der Waals surface area contributed by atoms with Gasteiger partial charge in [0.15, 0.2) is 23.0 Å². The van der Waals surface area contributed by atoms with Gasteiger partial charge in [-0.2, -0.15) is 0 Å². The number of allylic oxidation sites excluding steroid dienone is 1. The molecule has 0 aromatic heterocycles. The molecule has 0 aliphatic rings. The van der Waals surface area contributed by atoms with Crippen molar-refractivity contribution in [3.63, 3.8) is 0 Å². The van der Waals surface area contributed by atoms with Crippen molar-refractivity contribution >= 4 is 41.4 Å². The molecule has 0 aliphatic carbocycles. The summed E-state index contributed by atoms with van der Waals surface area (Å²) in [5, 5.41) is 3.73. The molecule has 1 N–H and O–H groups in total. The first-order chi connectivity index (χ1) is 18.4. The van der Waals surface area contributed by atoms with Crippen LogP contribution in [0, 0.1) is 0 Å². The summed E-state index contributed by atoms with van der Waals surface area (Å²) in [6.45, 7) is 0. The third-order valence-corrected chi connectivity index (χ3v) is 5.97. The molecule has 0 aliphatic heterocycles. The normalized spacial score (nSPS) is 11.2. The third kappa shape index (κ3) is 6.15. The number of methoxy groups -OCH3 is 6. The quantitative estimate of drug-likeness (QED) is 0.165. The Bertz CT molecular complexity index is 1330. The highest BCUT2D eigenvalue weighted by atomic mass is 35.5. The van der Waals surface area contributed by atoms with Gasteiger partial charge in [0, 0.05) is 17.3 Å². The SMILES string of the molecule is COc1ccc(/C(=C/C=O)Nc2c(/C=C\c3cc(OC)c(OC)c(OC)c3)ccc(OC)c2OC)cc1Cl. The number of halogens is 1. The Labute approximate surface area is 227 Å². The van der Waals surface area contributed by atoms with Crippen molar-refractivity contribution in [1.29, 1.82) is 0 Å². The molecule has 0 bridgehead atoms. The smallest absolute Gasteiger partial charge is 0.203 e. The lowest BCUT2D eigenvalue weighted by Crippen LogP contribution is -2.05. The topological polar surface area (TPSA) is 84.5 Å². The van der Waals surface area contributed by atoms with Gasteiger partial charge in [-0.05, 0) is 53.6 Å². The molecule has 0 amide bonds.